The number of aryl methyl sites for hydroxylation is 1. The summed E-state index contributed by atoms with van der Waals surface area (Å²) in [6, 6.07) is 2.70. The minimum Gasteiger partial charge on any atom is -0.308 e. The lowest BCUT2D eigenvalue weighted by atomic mass is 10.0. The molecular formula is C11H17N3. The van der Waals surface area contributed by atoms with Crippen LogP contribution in [-0.2, 0) is 13.6 Å². The van der Waals surface area contributed by atoms with Crippen molar-refractivity contribution < 1.29 is 0 Å². The average molecular weight is 191 g/mol. The van der Waals surface area contributed by atoms with Crippen molar-refractivity contribution in [3.05, 3.63) is 30.1 Å². The number of aromatic nitrogens is 2. The third-order valence-electron chi connectivity index (χ3n) is 2.61. The van der Waals surface area contributed by atoms with Gasteiger partial charge in [0.05, 0.1) is 5.69 Å². The van der Waals surface area contributed by atoms with E-state index in [1.807, 2.05) is 17.9 Å². The van der Waals surface area contributed by atoms with Crippen molar-refractivity contribution >= 4 is 0 Å². The lowest BCUT2D eigenvalue weighted by Crippen LogP contribution is -2.29. The normalized spacial score (nSPS) is 21.4. The SMILES string of the molecule is Cn1ccc(CNC2CC=CCC2)n1. The molecule has 1 aliphatic carbocycles. The molecule has 0 fully saturated rings. The predicted molar refractivity (Wildman–Crippen MR) is 56.8 cm³/mol. The van der Waals surface area contributed by atoms with Crippen LogP contribution in [0.5, 0.6) is 0 Å². The van der Waals surface area contributed by atoms with E-state index in [4.69, 9.17) is 0 Å². The first kappa shape index (κ1) is 9.46. The van der Waals surface area contributed by atoms with Crippen LogP contribution in [-0.4, -0.2) is 15.8 Å². The van der Waals surface area contributed by atoms with Crippen molar-refractivity contribution in [3.8, 4) is 0 Å². The first-order chi connectivity index (χ1) is 6.84. The van der Waals surface area contributed by atoms with Gasteiger partial charge >= 0.3 is 0 Å². The second-order valence-electron chi connectivity index (χ2n) is 3.84. The fourth-order valence-corrected chi connectivity index (χ4v) is 1.79. The van der Waals surface area contributed by atoms with E-state index in [1.165, 1.54) is 12.8 Å². The second-order valence-corrected chi connectivity index (χ2v) is 3.84. The Kier molecular flexibility index (Phi) is 2.99. The molecule has 3 heteroatoms. The fourth-order valence-electron chi connectivity index (χ4n) is 1.79. The summed E-state index contributed by atoms with van der Waals surface area (Å²) in [6.07, 6.45) is 10.1. The first-order valence-electron chi connectivity index (χ1n) is 5.21. The average Bonchev–Trinajstić information content (AvgIpc) is 2.63. The van der Waals surface area contributed by atoms with E-state index in [0.29, 0.717) is 6.04 Å². The van der Waals surface area contributed by atoms with E-state index in [9.17, 15) is 0 Å². The highest BCUT2D eigenvalue weighted by Gasteiger charge is 2.08. The number of nitrogens with one attached hydrogen (secondary N) is 1. The second kappa shape index (κ2) is 4.42. The molecule has 1 unspecified atom stereocenters. The van der Waals surface area contributed by atoms with Gasteiger partial charge in [-0.15, -0.1) is 0 Å². The summed E-state index contributed by atoms with van der Waals surface area (Å²) in [5, 5.41) is 7.86. The molecule has 1 aromatic heterocycles. The maximum Gasteiger partial charge on any atom is 0.0762 e. The highest BCUT2D eigenvalue weighted by Crippen LogP contribution is 2.10. The maximum atomic E-state index is 4.33. The molecule has 0 radical (unpaired) electrons. The molecule has 0 saturated heterocycles. The highest BCUT2D eigenvalue weighted by atomic mass is 15.3. The summed E-state index contributed by atoms with van der Waals surface area (Å²) in [4.78, 5) is 0. The molecule has 76 valence electrons. The zero-order valence-corrected chi connectivity index (χ0v) is 8.61. The van der Waals surface area contributed by atoms with Gasteiger partial charge in [-0.2, -0.15) is 5.10 Å². The van der Waals surface area contributed by atoms with Crippen molar-refractivity contribution in [3.63, 3.8) is 0 Å². The molecule has 3 nitrogen and oxygen atoms in total. The molecule has 0 bridgehead atoms. The Morgan fingerprint density at radius 2 is 2.50 bits per heavy atom. The molecule has 14 heavy (non-hydrogen) atoms. The summed E-state index contributed by atoms with van der Waals surface area (Å²) >= 11 is 0. The number of rotatable bonds is 3. The van der Waals surface area contributed by atoms with Crippen LogP contribution in [0.2, 0.25) is 0 Å². The fraction of sp³-hybridized carbons (Fsp3) is 0.545. The zero-order chi connectivity index (χ0) is 9.80. The minimum atomic E-state index is 0.641. The largest absolute Gasteiger partial charge is 0.308 e. The van der Waals surface area contributed by atoms with Crippen molar-refractivity contribution in [2.24, 2.45) is 7.05 Å². The Morgan fingerprint density at radius 1 is 1.57 bits per heavy atom. The molecule has 0 aromatic carbocycles. The monoisotopic (exact) mass is 191 g/mol. The predicted octanol–water partition coefficient (Wildman–Crippen LogP) is 1.62. The van der Waals surface area contributed by atoms with E-state index >= 15 is 0 Å². The summed E-state index contributed by atoms with van der Waals surface area (Å²) in [7, 11) is 1.95. The smallest absolute Gasteiger partial charge is 0.0762 e. The van der Waals surface area contributed by atoms with E-state index < -0.39 is 0 Å². The van der Waals surface area contributed by atoms with E-state index in [0.717, 1.165) is 18.7 Å². The first-order valence-corrected chi connectivity index (χ1v) is 5.21. The molecule has 1 atom stereocenters. The van der Waals surface area contributed by atoms with Gasteiger partial charge in [-0.05, 0) is 25.3 Å². The van der Waals surface area contributed by atoms with Gasteiger partial charge < -0.3 is 5.32 Å². The Hall–Kier alpha value is -1.09. The van der Waals surface area contributed by atoms with Crippen LogP contribution in [0.3, 0.4) is 0 Å². The highest BCUT2D eigenvalue weighted by molar-refractivity contribution is 4.99. The van der Waals surface area contributed by atoms with Gasteiger partial charge in [-0.1, -0.05) is 12.2 Å². The molecule has 0 aliphatic heterocycles. The van der Waals surface area contributed by atoms with Crippen molar-refractivity contribution in [2.45, 2.75) is 31.8 Å². The minimum absolute atomic E-state index is 0.641. The molecule has 1 aliphatic rings. The summed E-state index contributed by atoms with van der Waals surface area (Å²) in [6.45, 7) is 0.888. The van der Waals surface area contributed by atoms with Crippen molar-refractivity contribution in [1.82, 2.24) is 15.1 Å². The van der Waals surface area contributed by atoms with Crippen LogP contribution in [0.25, 0.3) is 0 Å². The molecular weight excluding hydrogens is 174 g/mol. The molecule has 1 aromatic rings. The molecule has 1 N–H and O–H groups in total. The number of hydrogen-bond donors (Lipinski definition) is 1. The van der Waals surface area contributed by atoms with Crippen molar-refractivity contribution in [1.29, 1.82) is 0 Å². The van der Waals surface area contributed by atoms with E-state index in [2.05, 4.69) is 28.6 Å². The third-order valence-corrected chi connectivity index (χ3v) is 2.61. The zero-order valence-electron chi connectivity index (χ0n) is 8.61. The molecule has 0 spiro atoms. The molecule has 1 heterocycles. The summed E-state index contributed by atoms with van der Waals surface area (Å²) in [5.74, 6) is 0. The van der Waals surface area contributed by atoms with Crippen LogP contribution in [0.1, 0.15) is 25.0 Å². The molecule has 0 amide bonds. The molecule has 0 saturated carbocycles. The lowest BCUT2D eigenvalue weighted by molar-refractivity contribution is 0.469. The standard InChI is InChI=1S/C11H17N3/c1-14-8-7-11(13-14)9-12-10-5-3-2-4-6-10/h2-3,7-8,10,12H,4-6,9H2,1H3. The molecule has 2 rings (SSSR count). The van der Waals surface area contributed by atoms with E-state index in [-0.39, 0.29) is 0 Å². The Balaban J connectivity index is 1.79. The van der Waals surface area contributed by atoms with Crippen LogP contribution in [0, 0.1) is 0 Å². The van der Waals surface area contributed by atoms with E-state index in [1.54, 1.807) is 0 Å². The van der Waals surface area contributed by atoms with Crippen LogP contribution >= 0.6 is 0 Å². The Morgan fingerprint density at radius 3 is 3.14 bits per heavy atom. The van der Waals surface area contributed by atoms with Gasteiger partial charge in [0, 0.05) is 25.8 Å². The van der Waals surface area contributed by atoms with Gasteiger partial charge in [-0.3, -0.25) is 4.68 Å². The number of nitrogens with zero attached hydrogens (tertiary/aromatic N) is 2. The van der Waals surface area contributed by atoms with Crippen molar-refractivity contribution in [2.75, 3.05) is 0 Å². The van der Waals surface area contributed by atoms with Crippen LogP contribution in [0.15, 0.2) is 24.4 Å². The summed E-state index contributed by atoms with van der Waals surface area (Å²) < 4.78 is 1.85. The van der Waals surface area contributed by atoms with Gasteiger partial charge in [0.2, 0.25) is 0 Å². The van der Waals surface area contributed by atoms with Gasteiger partial charge in [0.1, 0.15) is 0 Å². The van der Waals surface area contributed by atoms with Gasteiger partial charge in [0.25, 0.3) is 0 Å². The topological polar surface area (TPSA) is 29.9 Å². The number of allylic oxidation sites excluding steroid dienone is 1. The Bertz CT molecular complexity index is 314. The maximum absolute atomic E-state index is 4.33. The summed E-state index contributed by atoms with van der Waals surface area (Å²) in [5.41, 5.74) is 1.13. The van der Waals surface area contributed by atoms with Crippen LogP contribution < -0.4 is 5.32 Å². The quantitative estimate of drug-likeness (QED) is 0.736. The van der Waals surface area contributed by atoms with Gasteiger partial charge in [-0.25, -0.2) is 0 Å². The number of hydrogen-bond acceptors (Lipinski definition) is 2. The third kappa shape index (κ3) is 2.45. The van der Waals surface area contributed by atoms with Crippen LogP contribution in [0.4, 0.5) is 0 Å². The Labute approximate surface area is 84.8 Å². The van der Waals surface area contributed by atoms with Gasteiger partial charge in [0.15, 0.2) is 0 Å². The lowest BCUT2D eigenvalue weighted by Gasteiger charge is -2.18.